The van der Waals surface area contributed by atoms with Crippen LogP contribution in [0.2, 0.25) is 0 Å². The quantitative estimate of drug-likeness (QED) is 0.630. The molecule has 0 fully saturated rings. The molecule has 0 unspecified atom stereocenters. The lowest BCUT2D eigenvalue weighted by molar-refractivity contribution is 0.962. The van der Waals surface area contributed by atoms with E-state index >= 15 is 0 Å². The van der Waals surface area contributed by atoms with Gasteiger partial charge in [-0.25, -0.2) is 0 Å². The molecular formula is C12H16. The molecule has 0 N–H and O–H groups in total. The molecule has 12 heavy (non-hydrogen) atoms. The smallest absolute Gasteiger partial charge is 0.0231 e. The van der Waals surface area contributed by atoms with Gasteiger partial charge in [0, 0.05) is 0 Å². The fourth-order valence-electron chi connectivity index (χ4n) is 1.15. The largest absolute Gasteiger partial charge is 0.0839 e. The maximum absolute atomic E-state index is 2.24. The summed E-state index contributed by atoms with van der Waals surface area (Å²) in [6.45, 7) is 4.34. The van der Waals surface area contributed by atoms with Gasteiger partial charge < -0.3 is 0 Å². The van der Waals surface area contributed by atoms with Crippen molar-refractivity contribution in [2.75, 3.05) is 0 Å². The molecule has 0 aliphatic rings. The Hall–Kier alpha value is -1.04. The van der Waals surface area contributed by atoms with Gasteiger partial charge in [0.05, 0.1) is 0 Å². The van der Waals surface area contributed by atoms with Crippen LogP contribution < -0.4 is 0 Å². The molecule has 0 bridgehead atoms. The molecular weight excluding hydrogens is 144 g/mol. The highest BCUT2D eigenvalue weighted by atomic mass is 13.9. The maximum atomic E-state index is 2.24. The molecule has 0 saturated carbocycles. The highest BCUT2D eigenvalue weighted by molar-refractivity contribution is 5.53. The Morgan fingerprint density at radius 3 is 2.67 bits per heavy atom. The third kappa shape index (κ3) is 2.54. The van der Waals surface area contributed by atoms with Crippen molar-refractivity contribution in [1.29, 1.82) is 0 Å². The maximum Gasteiger partial charge on any atom is -0.0231 e. The number of unbranched alkanes of at least 4 members (excludes halogenated alkanes) is 1. The number of rotatable bonds is 3. The van der Waals surface area contributed by atoms with E-state index in [0.717, 1.165) is 0 Å². The predicted molar refractivity (Wildman–Crippen MR) is 55.1 cm³/mol. The molecule has 1 rings (SSSR count). The van der Waals surface area contributed by atoms with Crippen LogP contribution in [-0.2, 0) is 0 Å². The summed E-state index contributed by atoms with van der Waals surface area (Å²) in [5.74, 6) is 0. The Morgan fingerprint density at radius 2 is 2.00 bits per heavy atom. The number of hydrogen-bond acceptors (Lipinski definition) is 0. The van der Waals surface area contributed by atoms with Crippen molar-refractivity contribution in [2.45, 2.75) is 26.7 Å². The van der Waals surface area contributed by atoms with Crippen molar-refractivity contribution in [1.82, 2.24) is 0 Å². The van der Waals surface area contributed by atoms with Crippen LogP contribution in [0.3, 0.4) is 0 Å². The van der Waals surface area contributed by atoms with E-state index in [1.807, 2.05) is 0 Å². The zero-order valence-corrected chi connectivity index (χ0v) is 7.88. The van der Waals surface area contributed by atoms with Crippen molar-refractivity contribution in [3.05, 3.63) is 41.5 Å². The van der Waals surface area contributed by atoms with Gasteiger partial charge in [-0.3, -0.25) is 0 Å². The summed E-state index contributed by atoms with van der Waals surface area (Å²) in [6.07, 6.45) is 6.85. The Labute approximate surface area is 74.9 Å². The Bertz CT molecular complexity index is 258. The third-order valence-electron chi connectivity index (χ3n) is 1.94. The average molecular weight is 160 g/mol. The first-order valence-electron chi connectivity index (χ1n) is 4.56. The van der Waals surface area contributed by atoms with Crippen LogP contribution in [0.15, 0.2) is 30.3 Å². The first-order chi connectivity index (χ1) is 5.84. The third-order valence-corrected chi connectivity index (χ3v) is 1.94. The van der Waals surface area contributed by atoms with E-state index < -0.39 is 0 Å². The Balaban J connectivity index is 2.68. The van der Waals surface area contributed by atoms with E-state index in [4.69, 9.17) is 0 Å². The molecule has 0 spiro atoms. The second-order valence-corrected chi connectivity index (χ2v) is 3.05. The SMILES string of the molecule is CCC/C=C/c1ccccc1C. The number of benzene rings is 1. The van der Waals surface area contributed by atoms with Gasteiger partial charge in [0.25, 0.3) is 0 Å². The fraction of sp³-hybridized carbons (Fsp3) is 0.333. The van der Waals surface area contributed by atoms with Crippen molar-refractivity contribution < 1.29 is 0 Å². The van der Waals surface area contributed by atoms with Gasteiger partial charge in [0.1, 0.15) is 0 Å². The molecule has 0 heterocycles. The monoisotopic (exact) mass is 160 g/mol. The summed E-state index contributed by atoms with van der Waals surface area (Å²) in [7, 11) is 0. The highest BCUT2D eigenvalue weighted by Crippen LogP contribution is 2.09. The molecule has 0 nitrogen and oxygen atoms in total. The Kier molecular flexibility index (Phi) is 3.59. The second kappa shape index (κ2) is 4.76. The summed E-state index contributed by atoms with van der Waals surface area (Å²) >= 11 is 0. The molecule has 0 saturated heterocycles. The van der Waals surface area contributed by atoms with Crippen LogP contribution in [0.4, 0.5) is 0 Å². The molecule has 1 aromatic carbocycles. The summed E-state index contributed by atoms with van der Waals surface area (Å²) < 4.78 is 0. The molecule has 0 aliphatic heterocycles. The average Bonchev–Trinajstić information content (AvgIpc) is 2.09. The van der Waals surface area contributed by atoms with Crippen molar-refractivity contribution in [3.63, 3.8) is 0 Å². The van der Waals surface area contributed by atoms with Gasteiger partial charge in [0.15, 0.2) is 0 Å². The van der Waals surface area contributed by atoms with Crippen LogP contribution in [0, 0.1) is 6.92 Å². The zero-order valence-electron chi connectivity index (χ0n) is 7.88. The van der Waals surface area contributed by atoms with Gasteiger partial charge in [-0.15, -0.1) is 0 Å². The molecule has 1 aromatic rings. The summed E-state index contributed by atoms with van der Waals surface area (Å²) in [5, 5.41) is 0. The minimum atomic E-state index is 1.17. The van der Waals surface area contributed by atoms with Crippen LogP contribution in [0.25, 0.3) is 6.08 Å². The lowest BCUT2D eigenvalue weighted by Gasteiger charge is -1.97. The van der Waals surface area contributed by atoms with Gasteiger partial charge in [-0.2, -0.15) is 0 Å². The van der Waals surface area contributed by atoms with E-state index in [1.165, 1.54) is 24.0 Å². The van der Waals surface area contributed by atoms with E-state index in [9.17, 15) is 0 Å². The topological polar surface area (TPSA) is 0 Å². The van der Waals surface area contributed by atoms with E-state index in [1.54, 1.807) is 0 Å². The predicted octanol–water partition coefficient (Wildman–Crippen LogP) is 3.81. The van der Waals surface area contributed by atoms with E-state index in [-0.39, 0.29) is 0 Å². The van der Waals surface area contributed by atoms with E-state index in [0.29, 0.717) is 0 Å². The van der Waals surface area contributed by atoms with Crippen LogP contribution in [0.1, 0.15) is 30.9 Å². The van der Waals surface area contributed by atoms with Crippen LogP contribution in [0.5, 0.6) is 0 Å². The van der Waals surface area contributed by atoms with Gasteiger partial charge in [-0.1, -0.05) is 49.8 Å². The molecule has 64 valence electrons. The van der Waals surface area contributed by atoms with E-state index in [2.05, 4.69) is 50.3 Å². The summed E-state index contributed by atoms with van der Waals surface area (Å²) in [6, 6.07) is 8.46. The van der Waals surface area contributed by atoms with Gasteiger partial charge in [-0.05, 0) is 24.5 Å². The lowest BCUT2D eigenvalue weighted by atomic mass is 10.1. The van der Waals surface area contributed by atoms with Crippen molar-refractivity contribution in [3.8, 4) is 0 Å². The van der Waals surface area contributed by atoms with Gasteiger partial charge in [0.2, 0.25) is 0 Å². The molecule has 0 radical (unpaired) electrons. The molecule has 0 aliphatic carbocycles. The highest BCUT2D eigenvalue weighted by Gasteiger charge is 1.89. The molecule has 0 heteroatoms. The van der Waals surface area contributed by atoms with Crippen LogP contribution >= 0.6 is 0 Å². The first-order valence-corrected chi connectivity index (χ1v) is 4.56. The first kappa shape index (κ1) is 9.05. The summed E-state index contributed by atoms with van der Waals surface area (Å²) in [4.78, 5) is 0. The zero-order chi connectivity index (χ0) is 8.81. The standard InChI is InChI=1S/C12H16/c1-3-4-5-9-12-10-7-6-8-11(12)2/h5-10H,3-4H2,1-2H3/b9-5+. The summed E-state index contributed by atoms with van der Waals surface area (Å²) in [5.41, 5.74) is 2.69. The molecule has 0 amide bonds. The Morgan fingerprint density at radius 1 is 1.25 bits per heavy atom. The molecule has 0 atom stereocenters. The number of allylic oxidation sites excluding steroid dienone is 1. The minimum absolute atomic E-state index is 1.17. The minimum Gasteiger partial charge on any atom is -0.0839 e. The molecule has 0 aromatic heterocycles. The van der Waals surface area contributed by atoms with Crippen LogP contribution in [-0.4, -0.2) is 0 Å². The lowest BCUT2D eigenvalue weighted by Crippen LogP contribution is -1.77. The second-order valence-electron chi connectivity index (χ2n) is 3.05. The van der Waals surface area contributed by atoms with Crippen molar-refractivity contribution >= 4 is 6.08 Å². The fourth-order valence-corrected chi connectivity index (χ4v) is 1.15. The number of hydrogen-bond donors (Lipinski definition) is 0. The number of aryl methyl sites for hydroxylation is 1. The van der Waals surface area contributed by atoms with Crippen molar-refractivity contribution in [2.24, 2.45) is 0 Å². The van der Waals surface area contributed by atoms with Gasteiger partial charge >= 0.3 is 0 Å². The normalized spacial score (nSPS) is 10.8.